The van der Waals surface area contributed by atoms with Crippen molar-refractivity contribution in [3.8, 4) is 11.8 Å². The van der Waals surface area contributed by atoms with Crippen LogP contribution in [0.4, 0.5) is 8.78 Å². The lowest BCUT2D eigenvalue weighted by Crippen LogP contribution is -2.37. The molecule has 0 aliphatic carbocycles. The molecule has 0 aliphatic heterocycles. The van der Waals surface area contributed by atoms with Gasteiger partial charge >= 0.3 is 0 Å². The van der Waals surface area contributed by atoms with Crippen LogP contribution in [0, 0.1) is 11.8 Å². The van der Waals surface area contributed by atoms with E-state index < -0.39 is 18.9 Å². The van der Waals surface area contributed by atoms with Crippen LogP contribution >= 0.6 is 11.3 Å². The van der Waals surface area contributed by atoms with Crippen LogP contribution in [0.15, 0.2) is 11.4 Å². The summed E-state index contributed by atoms with van der Waals surface area (Å²) in [5.74, 6) is 4.50. The number of aliphatic hydroxyl groups excluding tert-OH is 2. The summed E-state index contributed by atoms with van der Waals surface area (Å²) in [7, 11) is 0. The summed E-state index contributed by atoms with van der Waals surface area (Å²) >= 11 is 1.19. The summed E-state index contributed by atoms with van der Waals surface area (Å²) in [5, 5.41) is 18.8. The number of rotatable bonds is 5. The SMILES string of the molecule is O=C(c1csc(C#CCO)c1)N(CCO)CC(F)F. The third-order valence-corrected chi connectivity index (χ3v) is 3.00. The first kappa shape index (κ1) is 15.6. The van der Waals surface area contributed by atoms with Crippen LogP contribution in [0.5, 0.6) is 0 Å². The summed E-state index contributed by atoms with van der Waals surface area (Å²) in [6.45, 7) is -1.52. The van der Waals surface area contributed by atoms with Crippen LogP contribution in [0.2, 0.25) is 0 Å². The largest absolute Gasteiger partial charge is 0.395 e. The van der Waals surface area contributed by atoms with E-state index in [1.807, 2.05) is 0 Å². The molecule has 1 rings (SSSR count). The molecule has 1 aromatic rings. The molecule has 0 aromatic carbocycles. The normalized spacial score (nSPS) is 10.2. The van der Waals surface area contributed by atoms with Gasteiger partial charge in [-0.2, -0.15) is 0 Å². The lowest BCUT2D eigenvalue weighted by atomic mass is 10.2. The molecule has 0 saturated carbocycles. The molecule has 0 saturated heterocycles. The van der Waals surface area contributed by atoms with Crippen molar-refractivity contribution >= 4 is 17.2 Å². The average Bonchev–Trinajstić information content (AvgIpc) is 2.83. The van der Waals surface area contributed by atoms with Gasteiger partial charge in [0.1, 0.15) is 6.61 Å². The van der Waals surface area contributed by atoms with E-state index in [-0.39, 0.29) is 25.3 Å². The Morgan fingerprint density at radius 1 is 1.47 bits per heavy atom. The number of thiophene rings is 1. The number of halogens is 2. The second kappa shape index (κ2) is 7.84. The van der Waals surface area contributed by atoms with Crippen molar-refractivity contribution in [2.24, 2.45) is 0 Å². The fraction of sp³-hybridized carbons (Fsp3) is 0.417. The molecule has 7 heteroatoms. The number of nitrogens with zero attached hydrogens (tertiary/aromatic N) is 1. The molecule has 0 atom stereocenters. The van der Waals surface area contributed by atoms with Crippen LogP contribution in [0.3, 0.4) is 0 Å². The number of hydrogen-bond donors (Lipinski definition) is 2. The topological polar surface area (TPSA) is 60.8 Å². The first-order valence-electron chi connectivity index (χ1n) is 5.45. The highest BCUT2D eigenvalue weighted by atomic mass is 32.1. The first-order valence-corrected chi connectivity index (χ1v) is 6.33. The molecule has 0 spiro atoms. The molecule has 0 bridgehead atoms. The van der Waals surface area contributed by atoms with Gasteiger partial charge in [-0.3, -0.25) is 4.79 Å². The highest BCUT2D eigenvalue weighted by Gasteiger charge is 2.20. The third kappa shape index (κ3) is 4.95. The lowest BCUT2D eigenvalue weighted by molar-refractivity contribution is 0.0509. The minimum atomic E-state index is -2.65. The zero-order valence-corrected chi connectivity index (χ0v) is 10.8. The summed E-state index contributed by atoms with van der Waals surface area (Å²) < 4.78 is 24.7. The van der Waals surface area contributed by atoms with E-state index in [0.717, 1.165) is 4.90 Å². The van der Waals surface area contributed by atoms with E-state index in [2.05, 4.69) is 11.8 Å². The predicted molar refractivity (Wildman–Crippen MR) is 67.3 cm³/mol. The summed E-state index contributed by atoms with van der Waals surface area (Å²) in [6, 6.07) is 1.48. The Labute approximate surface area is 113 Å². The van der Waals surface area contributed by atoms with E-state index in [1.165, 1.54) is 22.8 Å². The summed E-state index contributed by atoms with van der Waals surface area (Å²) in [5.41, 5.74) is 0.251. The van der Waals surface area contributed by atoms with Gasteiger partial charge in [0.15, 0.2) is 0 Å². The molecule has 1 aromatic heterocycles. The van der Waals surface area contributed by atoms with Crippen LogP contribution < -0.4 is 0 Å². The van der Waals surface area contributed by atoms with Gasteiger partial charge in [-0.15, -0.1) is 11.3 Å². The van der Waals surface area contributed by atoms with Gasteiger partial charge in [0, 0.05) is 11.9 Å². The molecule has 104 valence electrons. The number of alkyl halides is 2. The maximum atomic E-state index is 12.3. The third-order valence-electron chi connectivity index (χ3n) is 2.15. The van der Waals surface area contributed by atoms with E-state index in [1.54, 1.807) is 0 Å². The Morgan fingerprint density at radius 2 is 2.21 bits per heavy atom. The average molecular weight is 289 g/mol. The molecule has 0 aliphatic rings. The number of aliphatic hydroxyl groups is 2. The van der Waals surface area contributed by atoms with Gasteiger partial charge in [0.2, 0.25) is 0 Å². The Morgan fingerprint density at radius 3 is 2.79 bits per heavy atom. The van der Waals surface area contributed by atoms with Crippen molar-refractivity contribution in [3.63, 3.8) is 0 Å². The molecule has 0 radical (unpaired) electrons. The highest BCUT2D eigenvalue weighted by molar-refractivity contribution is 7.10. The highest BCUT2D eigenvalue weighted by Crippen LogP contribution is 2.16. The molecular weight excluding hydrogens is 276 g/mol. The maximum absolute atomic E-state index is 12.3. The lowest BCUT2D eigenvalue weighted by Gasteiger charge is -2.20. The molecule has 1 heterocycles. The van der Waals surface area contributed by atoms with E-state index in [4.69, 9.17) is 10.2 Å². The molecule has 0 unspecified atom stereocenters. The van der Waals surface area contributed by atoms with Crippen molar-refractivity contribution in [1.82, 2.24) is 4.90 Å². The zero-order valence-electron chi connectivity index (χ0n) is 9.97. The minimum Gasteiger partial charge on any atom is -0.395 e. The van der Waals surface area contributed by atoms with Gasteiger partial charge in [0.25, 0.3) is 12.3 Å². The fourth-order valence-electron chi connectivity index (χ4n) is 1.39. The Hall–Kier alpha value is -1.49. The first-order chi connectivity index (χ1) is 9.08. The number of hydrogen-bond acceptors (Lipinski definition) is 4. The second-order valence-electron chi connectivity index (χ2n) is 3.53. The van der Waals surface area contributed by atoms with Crippen molar-refractivity contribution in [3.05, 3.63) is 21.9 Å². The molecular formula is C12H13F2NO3S. The van der Waals surface area contributed by atoms with Gasteiger partial charge in [-0.25, -0.2) is 8.78 Å². The van der Waals surface area contributed by atoms with E-state index >= 15 is 0 Å². The Balaban J connectivity index is 2.81. The molecule has 19 heavy (non-hydrogen) atoms. The molecule has 1 amide bonds. The standard InChI is InChI=1S/C12H13F2NO3S/c13-11(14)7-15(3-5-17)12(18)9-6-10(19-8-9)2-1-4-16/h6,8,11,16-17H,3-5,7H2. The predicted octanol–water partition coefficient (Wildman–Crippen LogP) is 0.792. The molecule has 0 fully saturated rings. The van der Waals surface area contributed by atoms with Gasteiger partial charge in [-0.05, 0) is 6.07 Å². The smallest absolute Gasteiger partial charge is 0.255 e. The zero-order chi connectivity index (χ0) is 14.3. The van der Waals surface area contributed by atoms with Crippen LogP contribution in [-0.2, 0) is 0 Å². The van der Waals surface area contributed by atoms with Gasteiger partial charge in [-0.1, -0.05) is 11.8 Å². The number of carbonyl (C=O) groups is 1. The quantitative estimate of drug-likeness (QED) is 0.788. The monoisotopic (exact) mass is 289 g/mol. The maximum Gasteiger partial charge on any atom is 0.255 e. The molecule has 4 nitrogen and oxygen atoms in total. The van der Waals surface area contributed by atoms with Crippen LogP contribution in [0.1, 0.15) is 15.2 Å². The fourth-order valence-corrected chi connectivity index (χ4v) is 2.14. The second-order valence-corrected chi connectivity index (χ2v) is 4.44. The van der Waals surface area contributed by atoms with E-state index in [9.17, 15) is 13.6 Å². The molecule has 2 N–H and O–H groups in total. The summed E-state index contributed by atoms with van der Waals surface area (Å²) in [6.07, 6.45) is -2.65. The van der Waals surface area contributed by atoms with Crippen molar-refractivity contribution < 1.29 is 23.8 Å². The van der Waals surface area contributed by atoms with Crippen molar-refractivity contribution in [1.29, 1.82) is 0 Å². The number of carbonyl (C=O) groups excluding carboxylic acids is 1. The van der Waals surface area contributed by atoms with E-state index in [0.29, 0.717) is 4.88 Å². The van der Waals surface area contributed by atoms with Crippen molar-refractivity contribution in [2.45, 2.75) is 6.43 Å². The Bertz CT molecular complexity index is 479. The van der Waals surface area contributed by atoms with Crippen LogP contribution in [0.25, 0.3) is 0 Å². The van der Waals surface area contributed by atoms with Gasteiger partial charge in [0.05, 0.1) is 23.6 Å². The van der Waals surface area contributed by atoms with Gasteiger partial charge < -0.3 is 15.1 Å². The summed E-state index contributed by atoms with van der Waals surface area (Å²) in [4.78, 5) is 13.4. The number of amides is 1. The minimum absolute atomic E-state index is 0.142. The van der Waals surface area contributed by atoms with Crippen LogP contribution in [-0.4, -0.2) is 53.7 Å². The Kier molecular flexibility index (Phi) is 6.42. The van der Waals surface area contributed by atoms with Crippen molar-refractivity contribution in [2.75, 3.05) is 26.3 Å².